The van der Waals surface area contributed by atoms with Gasteiger partial charge in [0.25, 0.3) is 0 Å². The monoisotopic (exact) mass is 330 g/mol. The maximum absolute atomic E-state index is 12.1. The van der Waals surface area contributed by atoms with Crippen LogP contribution in [0, 0.1) is 0 Å². The van der Waals surface area contributed by atoms with E-state index in [0.29, 0.717) is 18.0 Å². The second-order valence-electron chi connectivity index (χ2n) is 4.67. The van der Waals surface area contributed by atoms with E-state index >= 15 is 0 Å². The number of rotatable bonds is 2. The summed E-state index contributed by atoms with van der Waals surface area (Å²) in [5, 5.41) is 0.659. The number of hydrogen-bond donors (Lipinski definition) is 1. The fourth-order valence-corrected chi connectivity index (χ4v) is 2.72. The molecule has 0 bridgehead atoms. The molecule has 0 aromatic heterocycles. The van der Waals surface area contributed by atoms with Crippen LogP contribution >= 0.6 is 27.5 Å². The summed E-state index contributed by atoms with van der Waals surface area (Å²) in [4.78, 5) is 14.0. The topological polar surface area (TPSA) is 46.3 Å². The molecule has 1 aromatic carbocycles. The molecule has 0 saturated carbocycles. The van der Waals surface area contributed by atoms with Crippen molar-refractivity contribution in [3.8, 4) is 0 Å². The molecule has 18 heavy (non-hydrogen) atoms. The summed E-state index contributed by atoms with van der Waals surface area (Å²) in [6, 6.07) is 5.70. The summed E-state index contributed by atoms with van der Waals surface area (Å²) in [7, 11) is 0. The quantitative estimate of drug-likeness (QED) is 0.905. The molecule has 0 radical (unpaired) electrons. The van der Waals surface area contributed by atoms with E-state index in [2.05, 4.69) is 15.9 Å². The summed E-state index contributed by atoms with van der Waals surface area (Å²) in [6.07, 6.45) is 2.41. The van der Waals surface area contributed by atoms with Crippen LogP contribution in [-0.2, 0) is 11.2 Å². The first-order valence-corrected chi connectivity index (χ1v) is 7.20. The minimum atomic E-state index is 0.125. The number of carbonyl (C=O) groups is 1. The van der Waals surface area contributed by atoms with Gasteiger partial charge in [-0.2, -0.15) is 0 Å². The molecule has 1 fully saturated rings. The predicted octanol–water partition coefficient (Wildman–Crippen LogP) is 2.59. The Balaban J connectivity index is 2.00. The largest absolute Gasteiger partial charge is 0.341 e. The van der Waals surface area contributed by atoms with Gasteiger partial charge in [0.2, 0.25) is 5.91 Å². The molecule has 1 heterocycles. The number of carbonyl (C=O) groups excluding carboxylic acids is 1. The van der Waals surface area contributed by atoms with E-state index < -0.39 is 0 Å². The zero-order valence-electron chi connectivity index (χ0n) is 10.0. The third-order valence-corrected chi connectivity index (χ3v) is 4.36. The van der Waals surface area contributed by atoms with Crippen molar-refractivity contribution in [2.75, 3.05) is 13.1 Å². The van der Waals surface area contributed by atoms with Crippen molar-refractivity contribution in [1.82, 2.24) is 4.90 Å². The molecule has 0 aliphatic carbocycles. The first-order chi connectivity index (χ1) is 8.56. The Morgan fingerprint density at radius 3 is 3.00 bits per heavy atom. The molecular formula is C13H16BrClN2O. The molecule has 5 heteroatoms. The molecule has 1 aromatic rings. The van der Waals surface area contributed by atoms with E-state index in [1.165, 1.54) is 0 Å². The van der Waals surface area contributed by atoms with Crippen molar-refractivity contribution in [2.24, 2.45) is 5.73 Å². The lowest BCUT2D eigenvalue weighted by Crippen LogP contribution is -2.46. The van der Waals surface area contributed by atoms with Gasteiger partial charge in [-0.25, -0.2) is 0 Å². The van der Waals surface area contributed by atoms with E-state index in [0.717, 1.165) is 29.4 Å². The number of nitrogens with two attached hydrogens (primary N) is 1. The standard InChI is InChI=1S/C13H16BrClN2O/c14-11-6-9(3-4-12(11)15)7-13(18)17-5-1-2-10(16)8-17/h3-4,6,10H,1-2,5,7-8,16H2. The number of halogens is 2. The Kier molecular flexibility index (Phi) is 4.65. The van der Waals surface area contributed by atoms with E-state index in [-0.39, 0.29) is 11.9 Å². The summed E-state index contributed by atoms with van der Waals surface area (Å²) < 4.78 is 0.824. The predicted molar refractivity (Wildman–Crippen MR) is 76.6 cm³/mol. The van der Waals surface area contributed by atoms with Crippen LogP contribution in [-0.4, -0.2) is 29.9 Å². The zero-order chi connectivity index (χ0) is 13.1. The molecule has 1 aliphatic rings. The molecular weight excluding hydrogens is 316 g/mol. The highest BCUT2D eigenvalue weighted by Gasteiger charge is 2.21. The highest BCUT2D eigenvalue weighted by atomic mass is 79.9. The molecule has 98 valence electrons. The lowest BCUT2D eigenvalue weighted by Gasteiger charge is -2.30. The molecule has 1 saturated heterocycles. The molecule has 1 aliphatic heterocycles. The van der Waals surface area contributed by atoms with Gasteiger partial charge in [0, 0.05) is 23.6 Å². The van der Waals surface area contributed by atoms with Crippen LogP contribution in [0.1, 0.15) is 18.4 Å². The smallest absolute Gasteiger partial charge is 0.227 e. The first kappa shape index (κ1) is 13.8. The van der Waals surface area contributed by atoms with E-state index in [9.17, 15) is 4.79 Å². The molecule has 2 rings (SSSR count). The van der Waals surface area contributed by atoms with Gasteiger partial charge in [-0.05, 0) is 46.5 Å². The Labute approximate surface area is 120 Å². The van der Waals surface area contributed by atoms with Gasteiger partial charge < -0.3 is 10.6 Å². The highest BCUT2D eigenvalue weighted by Crippen LogP contribution is 2.23. The number of nitrogens with zero attached hydrogens (tertiary/aromatic N) is 1. The normalized spacial score (nSPS) is 19.9. The Hall–Kier alpha value is -0.580. The Morgan fingerprint density at radius 2 is 2.33 bits per heavy atom. The maximum Gasteiger partial charge on any atom is 0.227 e. The number of benzene rings is 1. The van der Waals surface area contributed by atoms with Crippen LogP contribution in [0.4, 0.5) is 0 Å². The van der Waals surface area contributed by atoms with Crippen molar-refractivity contribution in [1.29, 1.82) is 0 Å². The van der Waals surface area contributed by atoms with Crippen LogP contribution in [0.3, 0.4) is 0 Å². The fraction of sp³-hybridized carbons (Fsp3) is 0.462. The lowest BCUT2D eigenvalue weighted by atomic mass is 10.1. The van der Waals surface area contributed by atoms with Crippen LogP contribution in [0.15, 0.2) is 22.7 Å². The first-order valence-electron chi connectivity index (χ1n) is 6.03. The summed E-state index contributed by atoms with van der Waals surface area (Å²) in [5.41, 5.74) is 6.85. The molecule has 1 amide bonds. The molecule has 2 N–H and O–H groups in total. The SMILES string of the molecule is NC1CCCN(C(=O)Cc2ccc(Cl)c(Br)c2)C1. The number of piperidine rings is 1. The minimum Gasteiger partial charge on any atom is -0.341 e. The fourth-order valence-electron chi connectivity index (χ4n) is 2.17. The van der Waals surface area contributed by atoms with Crippen LogP contribution in [0.5, 0.6) is 0 Å². The maximum atomic E-state index is 12.1. The van der Waals surface area contributed by atoms with Gasteiger partial charge in [-0.1, -0.05) is 17.7 Å². The van der Waals surface area contributed by atoms with Gasteiger partial charge in [-0.3, -0.25) is 4.79 Å². The highest BCUT2D eigenvalue weighted by molar-refractivity contribution is 9.10. The Bertz CT molecular complexity index is 453. The van der Waals surface area contributed by atoms with Crippen molar-refractivity contribution >= 4 is 33.4 Å². The van der Waals surface area contributed by atoms with Crippen LogP contribution in [0.2, 0.25) is 5.02 Å². The summed E-state index contributed by atoms with van der Waals surface area (Å²) >= 11 is 9.29. The average molecular weight is 332 g/mol. The molecule has 3 nitrogen and oxygen atoms in total. The average Bonchev–Trinajstić information content (AvgIpc) is 2.34. The van der Waals surface area contributed by atoms with E-state index in [1.807, 2.05) is 17.0 Å². The minimum absolute atomic E-state index is 0.125. The number of amides is 1. The third-order valence-electron chi connectivity index (χ3n) is 3.15. The summed E-state index contributed by atoms with van der Waals surface area (Å²) in [5.74, 6) is 0.138. The van der Waals surface area contributed by atoms with Gasteiger partial charge >= 0.3 is 0 Å². The lowest BCUT2D eigenvalue weighted by molar-refractivity contribution is -0.131. The van der Waals surface area contributed by atoms with Gasteiger partial charge in [0.15, 0.2) is 0 Å². The molecule has 1 atom stereocenters. The van der Waals surface area contributed by atoms with Crippen molar-refractivity contribution in [2.45, 2.75) is 25.3 Å². The second-order valence-corrected chi connectivity index (χ2v) is 5.93. The number of hydrogen-bond acceptors (Lipinski definition) is 2. The summed E-state index contributed by atoms with van der Waals surface area (Å²) in [6.45, 7) is 1.49. The van der Waals surface area contributed by atoms with Gasteiger partial charge in [0.05, 0.1) is 11.4 Å². The van der Waals surface area contributed by atoms with Crippen molar-refractivity contribution in [3.05, 3.63) is 33.3 Å². The van der Waals surface area contributed by atoms with Gasteiger partial charge in [0.1, 0.15) is 0 Å². The van der Waals surface area contributed by atoms with E-state index in [4.69, 9.17) is 17.3 Å². The molecule has 1 unspecified atom stereocenters. The second kappa shape index (κ2) is 6.04. The Morgan fingerprint density at radius 1 is 1.56 bits per heavy atom. The van der Waals surface area contributed by atoms with Crippen LogP contribution in [0.25, 0.3) is 0 Å². The number of likely N-dealkylation sites (tertiary alicyclic amines) is 1. The van der Waals surface area contributed by atoms with Crippen LogP contribution < -0.4 is 5.73 Å². The van der Waals surface area contributed by atoms with Crippen molar-refractivity contribution in [3.63, 3.8) is 0 Å². The molecule has 0 spiro atoms. The zero-order valence-corrected chi connectivity index (χ0v) is 12.4. The third kappa shape index (κ3) is 3.46. The van der Waals surface area contributed by atoms with Crippen molar-refractivity contribution < 1.29 is 4.79 Å². The van der Waals surface area contributed by atoms with Gasteiger partial charge in [-0.15, -0.1) is 0 Å². The van der Waals surface area contributed by atoms with E-state index in [1.54, 1.807) is 6.07 Å².